The van der Waals surface area contributed by atoms with Gasteiger partial charge in [-0.25, -0.2) is 9.37 Å². The Morgan fingerprint density at radius 2 is 2.06 bits per heavy atom. The minimum Gasteiger partial charge on any atom is -0.397 e. The van der Waals surface area contributed by atoms with Crippen LogP contribution in [0.15, 0.2) is 18.2 Å². The number of aryl methyl sites for hydroxylation is 2. The molecule has 2 rings (SSSR count). The highest BCUT2D eigenvalue weighted by molar-refractivity contribution is 5.62. The monoisotopic (exact) mass is 248 g/mol. The molecule has 0 atom stereocenters. The normalized spacial score (nSPS) is 10.8. The molecule has 0 aliphatic heterocycles. The fourth-order valence-corrected chi connectivity index (χ4v) is 1.97. The van der Waals surface area contributed by atoms with Crippen molar-refractivity contribution in [1.29, 1.82) is 0 Å². The molecular weight excluding hydrogens is 231 g/mol. The highest BCUT2D eigenvalue weighted by Crippen LogP contribution is 2.26. The number of nitrogen functional groups attached to an aromatic ring is 2. The molecule has 5 heteroatoms. The molecule has 1 heterocycles. The van der Waals surface area contributed by atoms with E-state index in [0.717, 1.165) is 24.4 Å². The molecule has 0 saturated heterocycles. The van der Waals surface area contributed by atoms with Crippen molar-refractivity contribution in [2.45, 2.75) is 26.7 Å². The zero-order valence-electron chi connectivity index (χ0n) is 10.6. The third-order valence-electron chi connectivity index (χ3n) is 2.87. The van der Waals surface area contributed by atoms with E-state index in [-0.39, 0.29) is 5.82 Å². The number of benzene rings is 1. The summed E-state index contributed by atoms with van der Waals surface area (Å²) in [5.41, 5.74) is 13.7. The van der Waals surface area contributed by atoms with Gasteiger partial charge in [0.25, 0.3) is 0 Å². The minimum absolute atomic E-state index is 0.340. The van der Waals surface area contributed by atoms with Gasteiger partial charge in [0, 0.05) is 12.5 Å². The van der Waals surface area contributed by atoms with Gasteiger partial charge < -0.3 is 11.5 Å². The van der Waals surface area contributed by atoms with Gasteiger partial charge in [0.05, 0.1) is 17.1 Å². The summed E-state index contributed by atoms with van der Waals surface area (Å²) in [7, 11) is 0. The van der Waals surface area contributed by atoms with Crippen LogP contribution in [-0.4, -0.2) is 9.55 Å². The molecule has 18 heavy (non-hydrogen) atoms. The molecule has 96 valence electrons. The first kappa shape index (κ1) is 12.4. The lowest BCUT2D eigenvalue weighted by Gasteiger charge is -2.12. The molecule has 4 nitrogen and oxygen atoms in total. The Morgan fingerprint density at radius 1 is 1.33 bits per heavy atom. The Morgan fingerprint density at radius 3 is 2.72 bits per heavy atom. The first-order valence-electron chi connectivity index (χ1n) is 5.93. The largest absolute Gasteiger partial charge is 0.397 e. The number of imidazole rings is 1. The summed E-state index contributed by atoms with van der Waals surface area (Å²) < 4.78 is 15.1. The molecule has 0 aliphatic carbocycles. The van der Waals surface area contributed by atoms with Crippen molar-refractivity contribution in [3.63, 3.8) is 0 Å². The molecule has 1 aromatic heterocycles. The van der Waals surface area contributed by atoms with Crippen LogP contribution in [0.2, 0.25) is 0 Å². The highest BCUT2D eigenvalue weighted by atomic mass is 19.1. The van der Waals surface area contributed by atoms with E-state index in [1.807, 2.05) is 6.92 Å². The Labute approximate surface area is 105 Å². The second-order valence-corrected chi connectivity index (χ2v) is 4.29. The van der Waals surface area contributed by atoms with Crippen molar-refractivity contribution in [2.75, 3.05) is 11.5 Å². The molecule has 0 fully saturated rings. The maximum absolute atomic E-state index is 13.4. The Balaban J connectivity index is 2.65. The van der Waals surface area contributed by atoms with Crippen molar-refractivity contribution < 1.29 is 4.39 Å². The Bertz CT molecular complexity index is 575. The zero-order chi connectivity index (χ0) is 13.3. The molecule has 0 unspecified atom stereocenters. The predicted molar refractivity (Wildman–Crippen MR) is 71.1 cm³/mol. The van der Waals surface area contributed by atoms with E-state index in [9.17, 15) is 4.39 Å². The van der Waals surface area contributed by atoms with Crippen LogP contribution in [0.3, 0.4) is 0 Å². The van der Waals surface area contributed by atoms with Gasteiger partial charge >= 0.3 is 0 Å². The number of halogens is 1. The number of aromatic nitrogens is 2. The van der Waals surface area contributed by atoms with E-state index in [1.165, 1.54) is 18.2 Å². The summed E-state index contributed by atoms with van der Waals surface area (Å²) in [5.74, 6) is 0.980. The van der Waals surface area contributed by atoms with Gasteiger partial charge in [-0.15, -0.1) is 0 Å². The summed E-state index contributed by atoms with van der Waals surface area (Å²) in [4.78, 5) is 4.41. The van der Waals surface area contributed by atoms with Crippen LogP contribution in [-0.2, 0) is 6.42 Å². The molecule has 2 aromatic rings. The number of nitrogens with two attached hydrogens (primary N) is 2. The summed E-state index contributed by atoms with van der Waals surface area (Å²) in [5, 5.41) is 0. The SMILES string of the molecule is CCCc1nc(C)c(N)n1-c1cc(F)ccc1N. The van der Waals surface area contributed by atoms with Gasteiger partial charge in [0.2, 0.25) is 0 Å². The number of anilines is 2. The lowest BCUT2D eigenvalue weighted by Crippen LogP contribution is -2.08. The van der Waals surface area contributed by atoms with Gasteiger partial charge in [-0.3, -0.25) is 4.57 Å². The van der Waals surface area contributed by atoms with Gasteiger partial charge in [-0.05, 0) is 25.5 Å². The van der Waals surface area contributed by atoms with Gasteiger partial charge in [-0.1, -0.05) is 6.92 Å². The summed E-state index contributed by atoms with van der Waals surface area (Å²) in [6, 6.07) is 4.25. The predicted octanol–water partition coefficient (Wildman–Crippen LogP) is 2.44. The molecule has 0 spiro atoms. The third-order valence-corrected chi connectivity index (χ3v) is 2.87. The molecule has 0 amide bonds. The number of hydrogen-bond acceptors (Lipinski definition) is 3. The van der Waals surface area contributed by atoms with Crippen LogP contribution in [0, 0.1) is 12.7 Å². The smallest absolute Gasteiger partial charge is 0.131 e. The average Bonchev–Trinajstić information content (AvgIpc) is 2.59. The number of hydrogen-bond donors (Lipinski definition) is 2. The second kappa shape index (κ2) is 4.68. The van der Waals surface area contributed by atoms with Crippen molar-refractivity contribution in [3.05, 3.63) is 35.5 Å². The number of rotatable bonds is 3. The first-order chi connectivity index (χ1) is 8.54. The highest BCUT2D eigenvalue weighted by Gasteiger charge is 2.15. The lowest BCUT2D eigenvalue weighted by atomic mass is 10.2. The molecular formula is C13H17FN4. The second-order valence-electron chi connectivity index (χ2n) is 4.29. The van der Waals surface area contributed by atoms with Crippen LogP contribution in [0.25, 0.3) is 5.69 Å². The Kier molecular flexibility index (Phi) is 3.23. The van der Waals surface area contributed by atoms with Crippen LogP contribution in [0.1, 0.15) is 24.9 Å². The van der Waals surface area contributed by atoms with Crippen molar-refractivity contribution in [1.82, 2.24) is 9.55 Å². The van der Waals surface area contributed by atoms with Crippen LogP contribution in [0.5, 0.6) is 0 Å². The van der Waals surface area contributed by atoms with Crippen molar-refractivity contribution >= 4 is 11.5 Å². The van der Waals surface area contributed by atoms with Crippen LogP contribution < -0.4 is 11.5 Å². The summed E-state index contributed by atoms with van der Waals surface area (Å²) in [6.45, 7) is 3.89. The van der Waals surface area contributed by atoms with E-state index >= 15 is 0 Å². The molecule has 0 aliphatic rings. The quantitative estimate of drug-likeness (QED) is 0.820. The lowest BCUT2D eigenvalue weighted by molar-refractivity contribution is 0.626. The summed E-state index contributed by atoms with van der Waals surface area (Å²) >= 11 is 0. The van der Waals surface area contributed by atoms with Gasteiger partial charge in [0.1, 0.15) is 17.5 Å². The zero-order valence-corrected chi connectivity index (χ0v) is 10.6. The molecule has 4 N–H and O–H groups in total. The molecule has 0 saturated carbocycles. The molecule has 0 radical (unpaired) electrons. The van der Waals surface area contributed by atoms with Crippen LogP contribution >= 0.6 is 0 Å². The van der Waals surface area contributed by atoms with E-state index in [4.69, 9.17) is 11.5 Å². The number of nitrogens with zero attached hydrogens (tertiary/aromatic N) is 2. The van der Waals surface area contributed by atoms with Crippen LogP contribution in [0.4, 0.5) is 15.9 Å². The van der Waals surface area contributed by atoms with E-state index in [2.05, 4.69) is 11.9 Å². The van der Waals surface area contributed by atoms with Gasteiger partial charge in [0.15, 0.2) is 0 Å². The maximum atomic E-state index is 13.4. The van der Waals surface area contributed by atoms with E-state index in [0.29, 0.717) is 17.2 Å². The van der Waals surface area contributed by atoms with Crippen molar-refractivity contribution in [2.24, 2.45) is 0 Å². The van der Waals surface area contributed by atoms with Crippen molar-refractivity contribution in [3.8, 4) is 5.69 Å². The first-order valence-corrected chi connectivity index (χ1v) is 5.93. The fraction of sp³-hybridized carbons (Fsp3) is 0.308. The topological polar surface area (TPSA) is 69.9 Å². The molecule has 0 bridgehead atoms. The standard InChI is InChI=1S/C13H17FN4/c1-3-4-12-17-8(2)13(16)18(12)11-7-9(14)5-6-10(11)15/h5-7H,3-4,15-16H2,1-2H3. The average molecular weight is 248 g/mol. The Hall–Kier alpha value is -2.04. The van der Waals surface area contributed by atoms with E-state index in [1.54, 1.807) is 4.57 Å². The fourth-order valence-electron chi connectivity index (χ4n) is 1.97. The minimum atomic E-state index is -0.340. The van der Waals surface area contributed by atoms with Gasteiger partial charge in [-0.2, -0.15) is 0 Å². The van der Waals surface area contributed by atoms with E-state index < -0.39 is 0 Å². The molecule has 1 aromatic carbocycles. The maximum Gasteiger partial charge on any atom is 0.131 e. The third kappa shape index (κ3) is 2.03. The summed E-state index contributed by atoms with van der Waals surface area (Å²) in [6.07, 6.45) is 1.71.